The second-order valence-electron chi connectivity index (χ2n) is 7.99. The van der Waals surface area contributed by atoms with E-state index in [0.29, 0.717) is 36.9 Å². The molecule has 4 aromatic rings. The number of imidazole rings is 1. The van der Waals surface area contributed by atoms with E-state index in [-0.39, 0.29) is 0 Å². The molecular formula is C23H27N7O2. The monoisotopic (exact) mass is 433 g/mol. The number of aromatic nitrogens is 6. The number of fused-ring (bicyclic) bond motifs is 1. The molecule has 4 heterocycles. The Balaban J connectivity index is 1.70. The van der Waals surface area contributed by atoms with Gasteiger partial charge in [0.2, 0.25) is 0 Å². The average Bonchev–Trinajstić information content (AvgIpc) is 3.42. The van der Waals surface area contributed by atoms with Crippen LogP contribution in [0.4, 0.5) is 5.82 Å². The lowest BCUT2D eigenvalue weighted by molar-refractivity contribution is 0.122. The molecule has 0 saturated carbocycles. The molecule has 1 aliphatic heterocycles. The number of hydrogen-bond donors (Lipinski definition) is 1. The number of aliphatic hydroxyl groups is 1. The van der Waals surface area contributed by atoms with Gasteiger partial charge in [-0.3, -0.25) is 4.68 Å². The fourth-order valence-electron chi connectivity index (χ4n) is 4.15. The number of aryl methyl sites for hydroxylation is 2. The van der Waals surface area contributed by atoms with Crippen molar-refractivity contribution in [3.63, 3.8) is 0 Å². The van der Waals surface area contributed by atoms with Crippen LogP contribution in [0.15, 0.2) is 36.5 Å². The Labute approximate surface area is 186 Å². The van der Waals surface area contributed by atoms with E-state index in [9.17, 15) is 5.11 Å². The largest absolute Gasteiger partial charge is 0.385 e. The maximum Gasteiger partial charge on any atom is 0.166 e. The zero-order valence-corrected chi connectivity index (χ0v) is 18.6. The van der Waals surface area contributed by atoms with Crippen molar-refractivity contribution in [1.82, 2.24) is 29.3 Å². The summed E-state index contributed by atoms with van der Waals surface area (Å²) in [6.07, 6.45) is 1.23. The van der Waals surface area contributed by atoms with Crippen LogP contribution in [0.2, 0.25) is 0 Å². The van der Waals surface area contributed by atoms with Crippen molar-refractivity contribution in [2.75, 3.05) is 31.2 Å². The van der Waals surface area contributed by atoms with Gasteiger partial charge in [-0.05, 0) is 26.0 Å². The quantitative estimate of drug-likeness (QED) is 0.517. The van der Waals surface area contributed by atoms with E-state index >= 15 is 0 Å². The van der Waals surface area contributed by atoms with Crippen LogP contribution in [0, 0.1) is 0 Å². The predicted octanol–water partition coefficient (Wildman–Crippen LogP) is 2.80. The molecule has 1 atom stereocenters. The number of benzene rings is 1. The number of hydrogen-bond acceptors (Lipinski definition) is 7. The Kier molecular flexibility index (Phi) is 5.36. The zero-order valence-electron chi connectivity index (χ0n) is 18.6. The van der Waals surface area contributed by atoms with Gasteiger partial charge in [0.1, 0.15) is 11.9 Å². The Morgan fingerprint density at radius 3 is 2.56 bits per heavy atom. The van der Waals surface area contributed by atoms with Gasteiger partial charge in [-0.15, -0.1) is 0 Å². The summed E-state index contributed by atoms with van der Waals surface area (Å²) >= 11 is 0. The highest BCUT2D eigenvalue weighted by atomic mass is 16.5. The summed E-state index contributed by atoms with van der Waals surface area (Å²) in [7, 11) is 1.91. The molecule has 1 saturated heterocycles. The second-order valence-corrected chi connectivity index (χ2v) is 7.99. The number of morpholine rings is 1. The molecule has 1 aromatic carbocycles. The SMILES string of the molecule is CCn1c([C@H](C)O)nc2c(N3CCOCC3)nc(-c3cccc(-c4ccn(C)n4)c3)nc21. The highest BCUT2D eigenvalue weighted by molar-refractivity contribution is 5.86. The van der Waals surface area contributed by atoms with Crippen LogP contribution >= 0.6 is 0 Å². The Bertz CT molecular complexity index is 1250. The Morgan fingerprint density at radius 2 is 1.88 bits per heavy atom. The number of rotatable bonds is 5. The molecule has 0 spiro atoms. The molecular weight excluding hydrogens is 406 g/mol. The molecule has 32 heavy (non-hydrogen) atoms. The minimum Gasteiger partial charge on any atom is -0.385 e. The van der Waals surface area contributed by atoms with Crippen molar-refractivity contribution in [2.24, 2.45) is 7.05 Å². The Hall–Kier alpha value is -3.30. The summed E-state index contributed by atoms with van der Waals surface area (Å²) in [5.41, 5.74) is 4.27. The number of anilines is 1. The molecule has 1 aliphatic rings. The van der Waals surface area contributed by atoms with Gasteiger partial charge < -0.3 is 19.3 Å². The van der Waals surface area contributed by atoms with Gasteiger partial charge >= 0.3 is 0 Å². The second kappa shape index (κ2) is 8.33. The van der Waals surface area contributed by atoms with Crippen LogP contribution in [0.5, 0.6) is 0 Å². The summed E-state index contributed by atoms with van der Waals surface area (Å²) < 4.78 is 9.30. The van der Waals surface area contributed by atoms with Crippen molar-refractivity contribution >= 4 is 17.0 Å². The van der Waals surface area contributed by atoms with Crippen LogP contribution in [-0.2, 0) is 18.3 Å². The van der Waals surface area contributed by atoms with E-state index in [1.165, 1.54) is 0 Å². The van der Waals surface area contributed by atoms with Crippen molar-refractivity contribution in [2.45, 2.75) is 26.5 Å². The zero-order chi connectivity index (χ0) is 22.2. The summed E-state index contributed by atoms with van der Waals surface area (Å²) in [4.78, 5) is 16.8. The van der Waals surface area contributed by atoms with Gasteiger partial charge in [0.15, 0.2) is 22.8 Å². The molecule has 0 aliphatic carbocycles. The maximum absolute atomic E-state index is 10.3. The van der Waals surface area contributed by atoms with Crippen LogP contribution in [0.25, 0.3) is 33.8 Å². The third kappa shape index (κ3) is 3.63. The molecule has 9 nitrogen and oxygen atoms in total. The van der Waals surface area contributed by atoms with E-state index < -0.39 is 6.10 Å². The molecule has 0 radical (unpaired) electrons. The number of ether oxygens (including phenoxy) is 1. The van der Waals surface area contributed by atoms with E-state index in [4.69, 9.17) is 19.7 Å². The standard InChI is InChI=1S/C23H27N7O2/c1-4-30-21(15(2)31)24-19-22(29-10-12-32-13-11-29)25-20(26-23(19)30)17-7-5-6-16(14-17)18-8-9-28(3)27-18/h5-9,14-15,31H,4,10-13H2,1-3H3/t15-/m0/s1. The minimum atomic E-state index is -0.697. The topological polar surface area (TPSA) is 94.1 Å². The first-order valence-corrected chi connectivity index (χ1v) is 10.9. The van der Waals surface area contributed by atoms with E-state index in [1.54, 1.807) is 11.6 Å². The van der Waals surface area contributed by atoms with Gasteiger partial charge in [0.25, 0.3) is 0 Å². The fourth-order valence-corrected chi connectivity index (χ4v) is 4.15. The third-order valence-electron chi connectivity index (χ3n) is 5.74. The lowest BCUT2D eigenvalue weighted by Gasteiger charge is -2.28. The minimum absolute atomic E-state index is 0.602. The molecule has 1 fully saturated rings. The maximum atomic E-state index is 10.3. The molecule has 166 valence electrons. The predicted molar refractivity (Wildman–Crippen MR) is 122 cm³/mol. The van der Waals surface area contributed by atoms with Crippen molar-refractivity contribution in [1.29, 1.82) is 0 Å². The molecule has 9 heteroatoms. The van der Waals surface area contributed by atoms with Crippen LogP contribution < -0.4 is 4.90 Å². The first-order chi connectivity index (χ1) is 15.5. The van der Waals surface area contributed by atoms with Gasteiger partial charge in [0, 0.05) is 44.0 Å². The number of aliphatic hydroxyl groups excluding tert-OH is 1. The van der Waals surface area contributed by atoms with E-state index in [1.807, 2.05) is 49.0 Å². The van der Waals surface area contributed by atoms with Gasteiger partial charge in [0.05, 0.1) is 18.9 Å². The normalized spacial score (nSPS) is 15.4. The van der Waals surface area contributed by atoms with E-state index in [2.05, 4.69) is 16.1 Å². The smallest absolute Gasteiger partial charge is 0.166 e. The highest BCUT2D eigenvalue weighted by Crippen LogP contribution is 2.31. The van der Waals surface area contributed by atoms with Crippen LogP contribution in [0.1, 0.15) is 25.8 Å². The van der Waals surface area contributed by atoms with E-state index in [0.717, 1.165) is 41.4 Å². The van der Waals surface area contributed by atoms with Crippen molar-refractivity contribution < 1.29 is 9.84 Å². The molecule has 0 bridgehead atoms. The van der Waals surface area contributed by atoms with Crippen molar-refractivity contribution in [3.8, 4) is 22.6 Å². The van der Waals surface area contributed by atoms with Gasteiger partial charge in [-0.25, -0.2) is 15.0 Å². The summed E-state index contributed by atoms with van der Waals surface area (Å²) in [5, 5.41) is 14.8. The molecule has 3 aromatic heterocycles. The molecule has 5 rings (SSSR count). The lowest BCUT2D eigenvalue weighted by atomic mass is 10.1. The number of nitrogens with zero attached hydrogens (tertiary/aromatic N) is 7. The highest BCUT2D eigenvalue weighted by Gasteiger charge is 2.24. The molecule has 0 unspecified atom stereocenters. The van der Waals surface area contributed by atoms with Crippen LogP contribution in [-0.4, -0.2) is 60.7 Å². The first kappa shape index (κ1) is 20.6. The Morgan fingerprint density at radius 1 is 1.09 bits per heavy atom. The fraction of sp³-hybridized carbons (Fsp3) is 0.391. The summed E-state index contributed by atoms with van der Waals surface area (Å²) in [5.74, 6) is 2.01. The average molecular weight is 434 g/mol. The van der Waals surface area contributed by atoms with Gasteiger partial charge in [-0.2, -0.15) is 5.10 Å². The molecule has 0 amide bonds. The first-order valence-electron chi connectivity index (χ1n) is 10.9. The third-order valence-corrected chi connectivity index (χ3v) is 5.74. The van der Waals surface area contributed by atoms with Crippen LogP contribution in [0.3, 0.4) is 0 Å². The molecule has 1 N–H and O–H groups in total. The van der Waals surface area contributed by atoms with Gasteiger partial charge in [-0.1, -0.05) is 18.2 Å². The van der Waals surface area contributed by atoms with Crippen molar-refractivity contribution in [3.05, 3.63) is 42.4 Å². The lowest BCUT2D eigenvalue weighted by Crippen LogP contribution is -2.37. The summed E-state index contributed by atoms with van der Waals surface area (Å²) in [6.45, 7) is 7.19. The summed E-state index contributed by atoms with van der Waals surface area (Å²) in [6, 6.07) is 10.1.